The van der Waals surface area contributed by atoms with Gasteiger partial charge in [0.15, 0.2) is 0 Å². The van der Waals surface area contributed by atoms with E-state index in [1.807, 2.05) is 35.2 Å². The van der Waals surface area contributed by atoms with Crippen LogP contribution in [-0.4, -0.2) is 60.9 Å². The summed E-state index contributed by atoms with van der Waals surface area (Å²) in [5.74, 6) is 0. The highest BCUT2D eigenvalue weighted by Crippen LogP contribution is 2.35. The molecular formula is C17H23F3N2O. The Kier molecular flexibility index (Phi) is 5.24. The average molecular weight is 328 g/mol. The Morgan fingerprint density at radius 1 is 1.04 bits per heavy atom. The Hall–Kier alpha value is -1.11. The minimum atomic E-state index is -4.21. The van der Waals surface area contributed by atoms with Gasteiger partial charge in [-0.05, 0) is 24.9 Å². The van der Waals surface area contributed by atoms with Crippen LogP contribution in [-0.2, 0) is 11.3 Å². The van der Waals surface area contributed by atoms with Crippen molar-refractivity contribution in [1.29, 1.82) is 0 Å². The molecule has 0 radical (unpaired) electrons. The van der Waals surface area contributed by atoms with E-state index in [2.05, 4.69) is 0 Å². The summed E-state index contributed by atoms with van der Waals surface area (Å²) in [6, 6.07) is 7.57. The minimum Gasteiger partial charge on any atom is -0.379 e. The number of hydrogen-bond donors (Lipinski definition) is 0. The average Bonchev–Trinajstić information content (AvgIpc) is 2.55. The van der Waals surface area contributed by atoms with Gasteiger partial charge in [-0.3, -0.25) is 9.80 Å². The third-order valence-corrected chi connectivity index (χ3v) is 4.78. The topological polar surface area (TPSA) is 15.7 Å². The smallest absolute Gasteiger partial charge is 0.379 e. The highest BCUT2D eigenvalue weighted by molar-refractivity contribution is 5.15. The zero-order valence-electron chi connectivity index (χ0n) is 13.1. The van der Waals surface area contributed by atoms with Crippen molar-refractivity contribution in [3.8, 4) is 0 Å². The van der Waals surface area contributed by atoms with Crippen molar-refractivity contribution in [2.75, 3.05) is 32.8 Å². The fraction of sp³-hybridized carbons (Fsp3) is 0.647. The van der Waals surface area contributed by atoms with E-state index in [9.17, 15) is 13.2 Å². The Bertz CT molecular complexity index is 488. The zero-order valence-corrected chi connectivity index (χ0v) is 13.1. The SMILES string of the molecule is FC(F)(F)[C@H]1[C@H](N2CCOCC2)CCCN1Cc1ccccc1. The van der Waals surface area contributed by atoms with E-state index < -0.39 is 18.3 Å². The first-order valence-corrected chi connectivity index (χ1v) is 8.22. The molecule has 0 amide bonds. The van der Waals surface area contributed by atoms with Gasteiger partial charge in [-0.25, -0.2) is 0 Å². The molecular weight excluding hydrogens is 305 g/mol. The molecule has 1 aromatic carbocycles. The summed E-state index contributed by atoms with van der Waals surface area (Å²) in [4.78, 5) is 3.58. The van der Waals surface area contributed by atoms with Crippen LogP contribution in [0.4, 0.5) is 13.2 Å². The summed E-state index contributed by atoms with van der Waals surface area (Å²) >= 11 is 0. The van der Waals surface area contributed by atoms with E-state index in [-0.39, 0.29) is 0 Å². The molecule has 2 fully saturated rings. The number of piperidine rings is 1. The van der Waals surface area contributed by atoms with Crippen molar-refractivity contribution in [1.82, 2.24) is 9.80 Å². The van der Waals surface area contributed by atoms with Gasteiger partial charge in [0, 0.05) is 25.7 Å². The maximum atomic E-state index is 13.8. The molecule has 0 saturated carbocycles. The molecule has 1 aromatic rings. The fourth-order valence-electron chi connectivity index (χ4n) is 3.76. The van der Waals surface area contributed by atoms with Gasteiger partial charge < -0.3 is 4.74 Å². The van der Waals surface area contributed by atoms with Gasteiger partial charge in [0.1, 0.15) is 6.04 Å². The van der Waals surface area contributed by atoms with Gasteiger partial charge in [-0.15, -0.1) is 0 Å². The molecule has 0 spiro atoms. The van der Waals surface area contributed by atoms with Crippen molar-refractivity contribution in [2.24, 2.45) is 0 Å². The lowest BCUT2D eigenvalue weighted by atomic mass is 9.93. The quantitative estimate of drug-likeness (QED) is 0.848. The Morgan fingerprint density at radius 2 is 1.74 bits per heavy atom. The molecule has 0 unspecified atom stereocenters. The van der Waals surface area contributed by atoms with Crippen LogP contribution in [0, 0.1) is 0 Å². The lowest BCUT2D eigenvalue weighted by molar-refractivity contribution is -0.213. The van der Waals surface area contributed by atoms with Gasteiger partial charge in [-0.1, -0.05) is 30.3 Å². The van der Waals surface area contributed by atoms with Crippen LogP contribution in [0.15, 0.2) is 30.3 Å². The number of benzene rings is 1. The Labute approximate surface area is 135 Å². The molecule has 2 saturated heterocycles. The van der Waals surface area contributed by atoms with Crippen LogP contribution in [0.1, 0.15) is 18.4 Å². The lowest BCUT2D eigenvalue weighted by Crippen LogP contribution is -2.62. The number of likely N-dealkylation sites (tertiary alicyclic amines) is 1. The molecule has 2 aliphatic heterocycles. The second-order valence-corrected chi connectivity index (χ2v) is 6.30. The van der Waals surface area contributed by atoms with Crippen LogP contribution >= 0.6 is 0 Å². The minimum absolute atomic E-state index is 0.353. The third-order valence-electron chi connectivity index (χ3n) is 4.78. The Balaban J connectivity index is 1.79. The van der Waals surface area contributed by atoms with Crippen molar-refractivity contribution in [3.05, 3.63) is 35.9 Å². The van der Waals surface area contributed by atoms with Gasteiger partial charge in [0.2, 0.25) is 0 Å². The number of halogens is 3. The zero-order chi connectivity index (χ0) is 16.3. The summed E-state index contributed by atoms with van der Waals surface area (Å²) in [7, 11) is 0. The van der Waals surface area contributed by atoms with Crippen LogP contribution in [0.25, 0.3) is 0 Å². The molecule has 0 aromatic heterocycles. The lowest BCUT2D eigenvalue weighted by Gasteiger charge is -2.47. The summed E-state index contributed by atoms with van der Waals surface area (Å²) in [5, 5.41) is 0. The van der Waals surface area contributed by atoms with Gasteiger partial charge in [0.25, 0.3) is 0 Å². The molecule has 2 heterocycles. The second kappa shape index (κ2) is 7.20. The van der Waals surface area contributed by atoms with E-state index in [4.69, 9.17) is 4.74 Å². The molecule has 6 heteroatoms. The first kappa shape index (κ1) is 16.7. The van der Waals surface area contributed by atoms with Crippen molar-refractivity contribution < 1.29 is 17.9 Å². The van der Waals surface area contributed by atoms with Gasteiger partial charge >= 0.3 is 6.18 Å². The maximum absolute atomic E-state index is 13.8. The summed E-state index contributed by atoms with van der Waals surface area (Å²) in [5.41, 5.74) is 0.935. The molecule has 0 aliphatic carbocycles. The molecule has 128 valence electrons. The standard InChI is InChI=1S/C17H23F3N2O/c18-17(19,20)16-15(21-9-11-23-12-10-21)7-4-8-22(16)13-14-5-2-1-3-6-14/h1-3,5-6,15-16H,4,7-13H2/t15-,16-/m1/s1. The summed E-state index contributed by atoms with van der Waals surface area (Å²) < 4.78 is 46.7. The molecule has 0 N–H and O–H groups in total. The van der Waals surface area contributed by atoms with E-state index in [0.717, 1.165) is 12.0 Å². The largest absolute Gasteiger partial charge is 0.405 e. The Morgan fingerprint density at radius 3 is 2.39 bits per heavy atom. The van der Waals surface area contributed by atoms with E-state index in [1.165, 1.54) is 0 Å². The van der Waals surface area contributed by atoms with Crippen LogP contribution in [0.5, 0.6) is 0 Å². The molecule has 3 rings (SSSR count). The fourth-order valence-corrected chi connectivity index (χ4v) is 3.76. The molecule has 2 aliphatic rings. The normalized spacial score (nSPS) is 28.0. The summed E-state index contributed by atoms with van der Waals surface area (Å²) in [6.45, 7) is 3.10. The molecule has 2 atom stereocenters. The molecule has 3 nitrogen and oxygen atoms in total. The van der Waals surface area contributed by atoms with Crippen LogP contribution in [0.2, 0.25) is 0 Å². The number of morpholine rings is 1. The van der Waals surface area contributed by atoms with Gasteiger partial charge in [0.05, 0.1) is 13.2 Å². The number of hydrogen-bond acceptors (Lipinski definition) is 3. The number of rotatable bonds is 3. The third kappa shape index (κ3) is 4.05. The highest BCUT2D eigenvalue weighted by atomic mass is 19.4. The first-order valence-electron chi connectivity index (χ1n) is 8.22. The van der Waals surface area contributed by atoms with Crippen LogP contribution < -0.4 is 0 Å². The molecule has 0 bridgehead atoms. The summed E-state index contributed by atoms with van der Waals surface area (Å²) in [6.07, 6.45) is -2.80. The van der Waals surface area contributed by atoms with Crippen LogP contribution in [0.3, 0.4) is 0 Å². The monoisotopic (exact) mass is 328 g/mol. The number of ether oxygens (including phenoxy) is 1. The van der Waals surface area contributed by atoms with E-state index >= 15 is 0 Å². The predicted octanol–water partition coefficient (Wildman–Crippen LogP) is 2.91. The van der Waals surface area contributed by atoms with E-state index in [0.29, 0.717) is 45.8 Å². The van der Waals surface area contributed by atoms with Crippen molar-refractivity contribution in [2.45, 2.75) is 37.6 Å². The second-order valence-electron chi connectivity index (χ2n) is 6.30. The van der Waals surface area contributed by atoms with E-state index in [1.54, 1.807) is 4.90 Å². The number of nitrogens with zero attached hydrogens (tertiary/aromatic N) is 2. The van der Waals surface area contributed by atoms with Gasteiger partial charge in [-0.2, -0.15) is 13.2 Å². The highest BCUT2D eigenvalue weighted by Gasteiger charge is 2.51. The van der Waals surface area contributed by atoms with Crippen molar-refractivity contribution in [3.63, 3.8) is 0 Å². The number of alkyl halides is 3. The first-order chi connectivity index (χ1) is 11.1. The maximum Gasteiger partial charge on any atom is 0.405 e. The predicted molar refractivity (Wildman–Crippen MR) is 82.1 cm³/mol. The molecule has 23 heavy (non-hydrogen) atoms. The van der Waals surface area contributed by atoms with Crippen molar-refractivity contribution >= 4 is 0 Å².